The van der Waals surface area contributed by atoms with Crippen molar-refractivity contribution in [2.45, 2.75) is 72.1 Å². The fourth-order valence-corrected chi connectivity index (χ4v) is 1.63. The van der Waals surface area contributed by atoms with E-state index in [0.29, 0.717) is 5.78 Å². The number of ketones is 1. The SMILES string of the molecule is CC(=O)CCCCCCCCC(C)C. The van der Waals surface area contributed by atoms with Gasteiger partial charge in [-0.2, -0.15) is 0 Å². The van der Waals surface area contributed by atoms with E-state index in [1.54, 1.807) is 6.92 Å². The van der Waals surface area contributed by atoms with Gasteiger partial charge in [0.2, 0.25) is 0 Å². The molecule has 0 radical (unpaired) electrons. The van der Waals surface area contributed by atoms with Crippen molar-refractivity contribution >= 4 is 5.78 Å². The van der Waals surface area contributed by atoms with E-state index in [1.165, 1.54) is 38.5 Å². The van der Waals surface area contributed by atoms with Gasteiger partial charge >= 0.3 is 0 Å². The zero-order chi connectivity index (χ0) is 10.8. The number of rotatable bonds is 9. The largest absolute Gasteiger partial charge is 0.300 e. The molecule has 0 saturated heterocycles. The molecule has 14 heavy (non-hydrogen) atoms. The molecule has 0 unspecified atom stereocenters. The van der Waals surface area contributed by atoms with Crippen molar-refractivity contribution in [1.29, 1.82) is 0 Å². The van der Waals surface area contributed by atoms with Crippen LogP contribution in [-0.2, 0) is 4.79 Å². The Kier molecular flexibility index (Phi) is 9.02. The van der Waals surface area contributed by atoms with Crippen LogP contribution in [0, 0.1) is 5.92 Å². The standard InChI is InChI=1S/C13H26O/c1-12(2)10-8-6-4-5-7-9-11-13(3)14/h12H,4-11H2,1-3H3. The summed E-state index contributed by atoms with van der Waals surface area (Å²) in [4.78, 5) is 10.7. The third-order valence-electron chi connectivity index (χ3n) is 2.56. The van der Waals surface area contributed by atoms with Crippen LogP contribution in [0.3, 0.4) is 0 Å². The van der Waals surface area contributed by atoms with Crippen LogP contribution >= 0.6 is 0 Å². The Labute approximate surface area is 89.3 Å². The van der Waals surface area contributed by atoms with Gasteiger partial charge in [0.15, 0.2) is 0 Å². The maximum Gasteiger partial charge on any atom is 0.129 e. The number of hydrogen-bond acceptors (Lipinski definition) is 1. The predicted octanol–water partition coefficient (Wildman–Crippen LogP) is 4.35. The van der Waals surface area contributed by atoms with E-state index in [2.05, 4.69) is 13.8 Å². The number of Topliss-reactive ketones (excluding diaryl/α,β-unsaturated/α-hetero) is 1. The summed E-state index contributed by atoms with van der Waals surface area (Å²) >= 11 is 0. The van der Waals surface area contributed by atoms with Gasteiger partial charge in [0.05, 0.1) is 0 Å². The van der Waals surface area contributed by atoms with Crippen LogP contribution in [0.1, 0.15) is 72.1 Å². The molecule has 0 N–H and O–H groups in total. The molecule has 0 heterocycles. The van der Waals surface area contributed by atoms with Gasteiger partial charge in [0.1, 0.15) is 5.78 Å². The van der Waals surface area contributed by atoms with Crippen molar-refractivity contribution in [3.8, 4) is 0 Å². The highest BCUT2D eigenvalue weighted by Gasteiger charge is 1.96. The summed E-state index contributed by atoms with van der Waals surface area (Å²) in [5.41, 5.74) is 0. The molecule has 0 aromatic heterocycles. The summed E-state index contributed by atoms with van der Waals surface area (Å²) in [6.45, 7) is 6.25. The second-order valence-electron chi connectivity index (χ2n) is 4.76. The van der Waals surface area contributed by atoms with Crippen LogP contribution < -0.4 is 0 Å². The lowest BCUT2D eigenvalue weighted by atomic mass is 10.0. The minimum Gasteiger partial charge on any atom is -0.300 e. The fraction of sp³-hybridized carbons (Fsp3) is 0.923. The lowest BCUT2D eigenvalue weighted by molar-refractivity contribution is -0.117. The molecular formula is C13H26O. The number of hydrogen-bond donors (Lipinski definition) is 0. The average molecular weight is 198 g/mol. The van der Waals surface area contributed by atoms with E-state index in [1.807, 2.05) is 0 Å². The summed E-state index contributed by atoms with van der Waals surface area (Å²) < 4.78 is 0. The molecule has 0 saturated carbocycles. The molecule has 0 spiro atoms. The van der Waals surface area contributed by atoms with E-state index < -0.39 is 0 Å². The smallest absolute Gasteiger partial charge is 0.129 e. The lowest BCUT2D eigenvalue weighted by Gasteiger charge is -2.03. The number of carbonyl (C=O) groups is 1. The predicted molar refractivity (Wildman–Crippen MR) is 62.5 cm³/mol. The van der Waals surface area contributed by atoms with Crippen LogP contribution in [0.2, 0.25) is 0 Å². The topological polar surface area (TPSA) is 17.1 Å². The lowest BCUT2D eigenvalue weighted by Crippen LogP contribution is -1.90. The summed E-state index contributed by atoms with van der Waals surface area (Å²) in [5.74, 6) is 1.19. The van der Waals surface area contributed by atoms with Crippen LogP contribution in [0.5, 0.6) is 0 Å². The van der Waals surface area contributed by atoms with Crippen molar-refractivity contribution in [3.63, 3.8) is 0 Å². The van der Waals surface area contributed by atoms with Gasteiger partial charge in [-0.1, -0.05) is 52.4 Å². The summed E-state index contributed by atoms with van der Waals surface area (Å²) in [6.07, 6.45) is 9.90. The third kappa shape index (κ3) is 11.7. The van der Waals surface area contributed by atoms with Gasteiger partial charge < -0.3 is 4.79 Å². The molecule has 0 aliphatic heterocycles. The Balaban J connectivity index is 2.96. The zero-order valence-electron chi connectivity index (χ0n) is 10.1. The normalized spacial score (nSPS) is 10.9. The van der Waals surface area contributed by atoms with Crippen molar-refractivity contribution in [2.75, 3.05) is 0 Å². The highest BCUT2D eigenvalue weighted by Crippen LogP contribution is 2.11. The third-order valence-corrected chi connectivity index (χ3v) is 2.56. The second-order valence-corrected chi connectivity index (χ2v) is 4.76. The summed E-state index contributed by atoms with van der Waals surface area (Å²) in [5, 5.41) is 0. The highest BCUT2D eigenvalue weighted by molar-refractivity contribution is 5.75. The van der Waals surface area contributed by atoms with E-state index in [-0.39, 0.29) is 0 Å². The van der Waals surface area contributed by atoms with Crippen molar-refractivity contribution in [3.05, 3.63) is 0 Å². The first-order valence-electron chi connectivity index (χ1n) is 6.12. The maximum atomic E-state index is 10.7. The first kappa shape index (κ1) is 13.7. The highest BCUT2D eigenvalue weighted by atomic mass is 16.1. The molecular weight excluding hydrogens is 172 g/mol. The van der Waals surface area contributed by atoms with E-state index in [0.717, 1.165) is 18.8 Å². The van der Waals surface area contributed by atoms with Crippen molar-refractivity contribution in [2.24, 2.45) is 5.92 Å². The van der Waals surface area contributed by atoms with Gasteiger partial charge in [-0.3, -0.25) is 0 Å². The zero-order valence-corrected chi connectivity index (χ0v) is 10.1. The average Bonchev–Trinajstić information content (AvgIpc) is 2.08. The van der Waals surface area contributed by atoms with Crippen LogP contribution in [0.15, 0.2) is 0 Å². The van der Waals surface area contributed by atoms with Crippen molar-refractivity contribution in [1.82, 2.24) is 0 Å². The minimum absolute atomic E-state index is 0.338. The molecule has 0 rings (SSSR count). The molecule has 0 atom stereocenters. The fourth-order valence-electron chi connectivity index (χ4n) is 1.63. The van der Waals surface area contributed by atoms with Gasteiger partial charge in [-0.25, -0.2) is 0 Å². The molecule has 0 fully saturated rings. The first-order valence-corrected chi connectivity index (χ1v) is 6.12. The Bertz CT molecular complexity index is 138. The van der Waals surface area contributed by atoms with E-state index in [4.69, 9.17) is 0 Å². The van der Waals surface area contributed by atoms with Crippen LogP contribution in [0.4, 0.5) is 0 Å². The maximum absolute atomic E-state index is 10.7. The van der Waals surface area contributed by atoms with Gasteiger partial charge in [-0.05, 0) is 19.3 Å². The molecule has 1 heteroatoms. The molecule has 0 aliphatic carbocycles. The quantitative estimate of drug-likeness (QED) is 0.503. The molecule has 0 aliphatic rings. The molecule has 1 nitrogen and oxygen atoms in total. The van der Waals surface area contributed by atoms with Crippen molar-refractivity contribution < 1.29 is 4.79 Å². The minimum atomic E-state index is 0.338. The van der Waals surface area contributed by atoms with Gasteiger partial charge in [-0.15, -0.1) is 0 Å². The van der Waals surface area contributed by atoms with Gasteiger partial charge in [0, 0.05) is 6.42 Å². The molecule has 0 bridgehead atoms. The molecule has 0 amide bonds. The monoisotopic (exact) mass is 198 g/mol. The number of unbranched alkanes of at least 4 members (excludes halogenated alkanes) is 5. The van der Waals surface area contributed by atoms with Crippen LogP contribution in [0.25, 0.3) is 0 Å². The molecule has 84 valence electrons. The number of carbonyl (C=O) groups excluding carboxylic acids is 1. The molecule has 0 aromatic rings. The van der Waals surface area contributed by atoms with Crippen LogP contribution in [-0.4, -0.2) is 5.78 Å². The Morgan fingerprint density at radius 2 is 1.43 bits per heavy atom. The Morgan fingerprint density at radius 3 is 1.93 bits per heavy atom. The molecule has 0 aromatic carbocycles. The second kappa shape index (κ2) is 9.23. The first-order chi connectivity index (χ1) is 6.63. The Morgan fingerprint density at radius 1 is 0.929 bits per heavy atom. The Hall–Kier alpha value is -0.330. The van der Waals surface area contributed by atoms with E-state index >= 15 is 0 Å². The summed E-state index contributed by atoms with van der Waals surface area (Å²) in [7, 11) is 0. The summed E-state index contributed by atoms with van der Waals surface area (Å²) in [6, 6.07) is 0. The van der Waals surface area contributed by atoms with E-state index in [9.17, 15) is 4.79 Å². The van der Waals surface area contributed by atoms with Gasteiger partial charge in [0.25, 0.3) is 0 Å².